The highest BCUT2D eigenvalue weighted by Crippen LogP contribution is 2.35. The molecule has 5 heterocycles. The van der Waals surface area contributed by atoms with Gasteiger partial charge in [0.1, 0.15) is 24.7 Å². The number of carbonyl (C=O) groups excluding carboxylic acids is 3. The molecule has 2 amide bonds. The number of amides is 2. The molecule has 0 bridgehead atoms. The van der Waals surface area contributed by atoms with Gasteiger partial charge in [-0.15, -0.1) is 0 Å². The van der Waals surface area contributed by atoms with Crippen molar-refractivity contribution in [2.45, 2.75) is 92.5 Å². The Morgan fingerprint density at radius 1 is 0.806 bits per heavy atom. The van der Waals surface area contributed by atoms with E-state index in [9.17, 15) is 19.2 Å². The van der Waals surface area contributed by atoms with Gasteiger partial charge in [0.05, 0.1) is 48.5 Å². The van der Waals surface area contributed by atoms with E-state index >= 15 is 0 Å². The molecule has 3 aromatic heterocycles. The first-order valence-corrected chi connectivity index (χ1v) is 21.2. The van der Waals surface area contributed by atoms with Crippen molar-refractivity contribution in [1.82, 2.24) is 34.6 Å². The van der Waals surface area contributed by atoms with Gasteiger partial charge in [-0.3, -0.25) is 19.7 Å². The Morgan fingerprint density at radius 3 is 1.90 bits per heavy atom. The van der Waals surface area contributed by atoms with E-state index in [1.54, 1.807) is 47.3 Å². The summed E-state index contributed by atoms with van der Waals surface area (Å²) in [5.74, 6) is 0.979. The first-order chi connectivity index (χ1) is 29.9. The number of aromatic amines is 2. The number of piperidine rings is 2. The van der Waals surface area contributed by atoms with Gasteiger partial charge in [-0.1, -0.05) is 74.5 Å². The minimum absolute atomic E-state index is 0.0562. The second kappa shape index (κ2) is 22.9. The molecule has 4 N–H and O–H groups in total. The van der Waals surface area contributed by atoms with Crippen molar-refractivity contribution in [1.29, 1.82) is 0 Å². The Balaban J connectivity index is 0.000000192. The van der Waals surface area contributed by atoms with Crippen LogP contribution in [0.3, 0.4) is 0 Å². The van der Waals surface area contributed by atoms with Crippen LogP contribution >= 0.6 is 0 Å². The highest BCUT2D eigenvalue weighted by Gasteiger charge is 2.35. The number of benzene rings is 2. The van der Waals surface area contributed by atoms with E-state index in [0.717, 1.165) is 48.2 Å². The van der Waals surface area contributed by atoms with Gasteiger partial charge in [0.15, 0.2) is 0 Å². The van der Waals surface area contributed by atoms with Gasteiger partial charge in [-0.05, 0) is 76.3 Å². The number of carbonyl (C=O) groups is 3. The molecule has 16 nitrogen and oxygen atoms in total. The Labute approximate surface area is 362 Å². The van der Waals surface area contributed by atoms with E-state index in [1.807, 2.05) is 73.7 Å². The van der Waals surface area contributed by atoms with Gasteiger partial charge in [0, 0.05) is 37.0 Å². The lowest BCUT2D eigenvalue weighted by atomic mass is 9.93. The summed E-state index contributed by atoms with van der Waals surface area (Å²) >= 11 is 0. The molecule has 7 rings (SSSR count). The summed E-state index contributed by atoms with van der Waals surface area (Å²) in [7, 11) is 0. The molecule has 16 heteroatoms. The average molecular weight is 853 g/mol. The standard InChI is InChI=1S/C21H24N4O3.C17H22N4O2.C8H14O3/c1-14-8-9-18(17-10-19-22-20(26)15(2)12-25(19)23-17)24(11-14)21(27)28-13-16-6-4-3-5-7-16;1-12-7-8-15(14-9-16(18)20-19-14)21(10-12)17(22)23-11-13-5-3-2-4-6-13;1-4-10-6-7(3)8(9)11-5-2/h3-7,10,12,14,18H,8-9,11,13H2,1-2H3,(H,22,26);2-6,9,12,15H,7-8,10-11H2,1H3,(H3,18,19,20);6H,4-5H2,1-3H3/b;;7-6+/t14-,18-;12-,15-;/m00./s1. The fourth-order valence-corrected chi connectivity index (χ4v) is 7.19. The second-order valence-electron chi connectivity index (χ2n) is 15.7. The van der Waals surface area contributed by atoms with Gasteiger partial charge < -0.3 is 29.7 Å². The summed E-state index contributed by atoms with van der Waals surface area (Å²) in [6.07, 6.45) is 6.26. The third-order valence-electron chi connectivity index (χ3n) is 10.5. The molecule has 0 radical (unpaired) electrons. The molecule has 2 aliphatic heterocycles. The van der Waals surface area contributed by atoms with Crippen LogP contribution in [0.1, 0.15) is 100 Å². The van der Waals surface area contributed by atoms with Crippen molar-refractivity contribution >= 4 is 29.6 Å². The van der Waals surface area contributed by atoms with Crippen molar-refractivity contribution < 1.29 is 33.3 Å². The molecule has 0 aliphatic carbocycles. The number of likely N-dealkylation sites (tertiary alicyclic amines) is 2. The summed E-state index contributed by atoms with van der Waals surface area (Å²) in [4.78, 5) is 54.5. The maximum Gasteiger partial charge on any atom is 0.410 e. The lowest BCUT2D eigenvalue weighted by Gasteiger charge is -2.37. The lowest BCUT2D eigenvalue weighted by Crippen LogP contribution is -2.42. The predicted octanol–water partition coefficient (Wildman–Crippen LogP) is 8.03. The normalized spacial score (nSPS) is 18.7. The molecule has 0 saturated carbocycles. The monoisotopic (exact) mass is 852 g/mol. The highest BCUT2D eigenvalue weighted by molar-refractivity contribution is 5.87. The Hall–Kier alpha value is -6.58. The number of aromatic nitrogens is 5. The van der Waals surface area contributed by atoms with E-state index < -0.39 is 0 Å². The van der Waals surface area contributed by atoms with Crippen molar-refractivity contribution in [3.63, 3.8) is 0 Å². The maximum atomic E-state index is 12.8. The largest absolute Gasteiger partial charge is 0.501 e. The molecule has 4 atom stereocenters. The number of aryl methyl sites for hydroxylation is 1. The van der Waals surface area contributed by atoms with E-state index in [4.69, 9.17) is 24.7 Å². The van der Waals surface area contributed by atoms with Crippen LogP contribution < -0.4 is 11.3 Å². The fraction of sp³-hybridized carbons (Fsp3) is 0.435. The number of nitrogen functional groups attached to an aromatic ring is 1. The van der Waals surface area contributed by atoms with Gasteiger partial charge in [-0.2, -0.15) is 10.2 Å². The van der Waals surface area contributed by atoms with Crippen LogP contribution in [0.15, 0.2) is 95.6 Å². The summed E-state index contributed by atoms with van der Waals surface area (Å²) < 4.78 is 22.3. The van der Waals surface area contributed by atoms with Crippen LogP contribution in [0.4, 0.5) is 15.4 Å². The quantitative estimate of drug-likeness (QED) is 0.0532. The molecule has 2 aromatic carbocycles. The number of ether oxygens (including phenoxy) is 4. The van der Waals surface area contributed by atoms with Crippen LogP contribution in [0.25, 0.3) is 5.65 Å². The van der Waals surface area contributed by atoms with Crippen LogP contribution in [-0.4, -0.2) is 79.1 Å². The molecule has 2 fully saturated rings. The molecule has 332 valence electrons. The third kappa shape index (κ3) is 13.2. The number of esters is 1. The van der Waals surface area contributed by atoms with E-state index in [-0.39, 0.29) is 49.0 Å². The zero-order chi connectivity index (χ0) is 44.6. The first kappa shape index (κ1) is 46.5. The minimum Gasteiger partial charge on any atom is -0.501 e. The van der Waals surface area contributed by atoms with E-state index in [1.165, 1.54) is 6.26 Å². The van der Waals surface area contributed by atoms with Crippen molar-refractivity contribution in [3.8, 4) is 0 Å². The van der Waals surface area contributed by atoms with Gasteiger partial charge in [-0.25, -0.2) is 18.9 Å². The molecule has 62 heavy (non-hydrogen) atoms. The molecule has 5 aromatic rings. The first-order valence-electron chi connectivity index (χ1n) is 21.2. The number of nitrogens with one attached hydrogen (secondary N) is 2. The van der Waals surface area contributed by atoms with E-state index in [2.05, 4.69) is 34.1 Å². The summed E-state index contributed by atoms with van der Waals surface area (Å²) in [6, 6.07) is 22.8. The van der Waals surface area contributed by atoms with Crippen molar-refractivity contribution in [3.05, 3.63) is 129 Å². The summed E-state index contributed by atoms with van der Waals surface area (Å²) in [5.41, 5.74) is 10.9. The molecule has 0 unspecified atom stereocenters. The zero-order valence-corrected chi connectivity index (χ0v) is 36.5. The highest BCUT2D eigenvalue weighted by atomic mass is 16.6. The summed E-state index contributed by atoms with van der Waals surface area (Å²) in [5, 5.41) is 11.5. The molecular formula is C46H60N8O8. The van der Waals surface area contributed by atoms with Gasteiger partial charge in [0.25, 0.3) is 5.56 Å². The number of rotatable bonds is 10. The van der Waals surface area contributed by atoms with Crippen molar-refractivity contribution in [2.24, 2.45) is 11.8 Å². The fourth-order valence-electron chi connectivity index (χ4n) is 7.19. The Bertz CT molecular complexity index is 2290. The minimum atomic E-state index is -0.331. The number of anilines is 1. The topological polar surface area (TPSA) is 199 Å². The maximum absolute atomic E-state index is 12.8. The second-order valence-corrected chi connectivity index (χ2v) is 15.7. The number of fused-ring (bicyclic) bond motifs is 1. The lowest BCUT2D eigenvalue weighted by molar-refractivity contribution is -0.138. The number of H-pyrrole nitrogens is 2. The number of nitrogens with zero attached hydrogens (tertiary/aromatic N) is 5. The molecular weight excluding hydrogens is 793 g/mol. The van der Waals surface area contributed by atoms with Crippen LogP contribution in [-0.2, 0) is 37.0 Å². The van der Waals surface area contributed by atoms with Crippen LogP contribution in [0.5, 0.6) is 0 Å². The average Bonchev–Trinajstić information content (AvgIpc) is 3.90. The SMILES string of the molecule is CCO/C=C(\C)C(=O)OCC.C[C@H]1CC[C@@H](c2cc(N)n[nH]2)N(C(=O)OCc2ccccc2)C1.Cc1cn2nc([C@@H]3CC[C@H](C)CN3C(=O)OCc3ccccc3)cc2[nH]c1=O. The molecule has 2 saturated heterocycles. The molecule has 2 aliphatic rings. The summed E-state index contributed by atoms with van der Waals surface area (Å²) in [6.45, 7) is 14.1. The van der Waals surface area contributed by atoms with Crippen LogP contribution in [0.2, 0.25) is 0 Å². The van der Waals surface area contributed by atoms with Crippen molar-refractivity contribution in [2.75, 3.05) is 32.0 Å². The smallest absolute Gasteiger partial charge is 0.410 e. The van der Waals surface area contributed by atoms with Gasteiger partial charge in [0.2, 0.25) is 0 Å². The Kier molecular flexibility index (Phi) is 17.1. The molecule has 0 spiro atoms. The van der Waals surface area contributed by atoms with E-state index in [0.29, 0.717) is 60.7 Å². The zero-order valence-electron chi connectivity index (χ0n) is 36.5. The van der Waals surface area contributed by atoms with Crippen LogP contribution in [0, 0.1) is 18.8 Å². The predicted molar refractivity (Wildman–Crippen MR) is 235 cm³/mol. The number of hydrogen-bond acceptors (Lipinski definition) is 11. The number of nitrogens with two attached hydrogens (primary N) is 1. The van der Waals surface area contributed by atoms with Gasteiger partial charge >= 0.3 is 18.2 Å². The third-order valence-corrected chi connectivity index (χ3v) is 10.5. The number of hydrogen-bond donors (Lipinski definition) is 3. The Morgan fingerprint density at radius 2 is 1.37 bits per heavy atom.